The zero-order valence-corrected chi connectivity index (χ0v) is 11.3. The first kappa shape index (κ1) is 11.4. The number of likely N-dealkylation sites (tertiary alicyclic amines) is 1. The Morgan fingerprint density at radius 1 is 1.11 bits per heavy atom. The van der Waals surface area contributed by atoms with Crippen molar-refractivity contribution in [3.8, 4) is 0 Å². The average Bonchev–Trinajstić information content (AvgIpc) is 3.04. The molecule has 2 aromatic rings. The van der Waals surface area contributed by atoms with E-state index in [1.165, 1.54) is 43.2 Å². The van der Waals surface area contributed by atoms with E-state index in [1.54, 1.807) is 0 Å². The molecule has 1 aliphatic heterocycles. The lowest BCUT2D eigenvalue weighted by Gasteiger charge is -2.24. The summed E-state index contributed by atoms with van der Waals surface area (Å²) in [5, 5.41) is 1.33. The van der Waals surface area contributed by atoms with Crippen molar-refractivity contribution in [3.05, 3.63) is 42.1 Å². The maximum Gasteiger partial charge on any atom is 0.0705 e. The maximum atomic E-state index is 4.46. The maximum absolute atomic E-state index is 4.46. The van der Waals surface area contributed by atoms with Crippen LogP contribution in [0.15, 0.2) is 36.5 Å². The van der Waals surface area contributed by atoms with Gasteiger partial charge in [-0.2, -0.15) is 0 Å². The highest BCUT2D eigenvalue weighted by atomic mass is 15.2. The summed E-state index contributed by atoms with van der Waals surface area (Å²) in [6.07, 6.45) is 7.59. The highest BCUT2D eigenvalue weighted by molar-refractivity contribution is 5.81. The van der Waals surface area contributed by atoms with Crippen LogP contribution in [0.3, 0.4) is 0 Å². The van der Waals surface area contributed by atoms with Crippen LogP contribution in [0.2, 0.25) is 0 Å². The van der Waals surface area contributed by atoms with Gasteiger partial charge in [0.25, 0.3) is 0 Å². The zero-order chi connectivity index (χ0) is 12.7. The molecule has 2 aliphatic rings. The third-order valence-electron chi connectivity index (χ3n) is 4.98. The van der Waals surface area contributed by atoms with Crippen molar-refractivity contribution in [2.75, 3.05) is 6.54 Å². The summed E-state index contributed by atoms with van der Waals surface area (Å²) in [6, 6.07) is 11.6. The lowest BCUT2D eigenvalue weighted by atomic mass is 10.0. The average molecular weight is 252 g/mol. The smallest absolute Gasteiger partial charge is 0.0705 e. The molecule has 0 radical (unpaired) electrons. The van der Waals surface area contributed by atoms with Crippen LogP contribution in [-0.2, 0) is 6.54 Å². The second-order valence-electron chi connectivity index (χ2n) is 6.00. The number of fused-ring (bicyclic) bond motifs is 2. The summed E-state index contributed by atoms with van der Waals surface area (Å²) in [5.74, 6) is 0.980. The lowest BCUT2D eigenvalue weighted by Crippen LogP contribution is -2.29. The standard InChI is InChI=1S/C17H20N2/c1-5-14(15-6-3-10-18-16(15)7-1)12-19-11-9-13-4-2-8-17(13)19/h1,3,5-7,10,13,17H,2,4,8-9,11-12H2/t13-,17-/m1/s1. The number of benzene rings is 1. The van der Waals surface area contributed by atoms with Crippen LogP contribution < -0.4 is 0 Å². The highest BCUT2D eigenvalue weighted by Crippen LogP contribution is 2.38. The van der Waals surface area contributed by atoms with Gasteiger partial charge in [0, 0.05) is 24.2 Å². The van der Waals surface area contributed by atoms with Gasteiger partial charge in [-0.25, -0.2) is 0 Å². The SMILES string of the molecule is c1cc(CN2CC[C@H]3CCC[C@H]32)c2cccnc2c1. The molecule has 0 N–H and O–H groups in total. The Balaban J connectivity index is 1.65. The highest BCUT2D eigenvalue weighted by Gasteiger charge is 2.37. The molecule has 2 fully saturated rings. The molecule has 1 saturated carbocycles. The second kappa shape index (κ2) is 4.61. The van der Waals surface area contributed by atoms with Crippen LogP contribution in [0.1, 0.15) is 31.2 Å². The van der Waals surface area contributed by atoms with Crippen molar-refractivity contribution >= 4 is 10.9 Å². The molecule has 0 bridgehead atoms. The third kappa shape index (κ3) is 1.95. The van der Waals surface area contributed by atoms with E-state index in [9.17, 15) is 0 Å². The Morgan fingerprint density at radius 2 is 2.11 bits per heavy atom. The number of aromatic nitrogens is 1. The Kier molecular flexibility index (Phi) is 2.77. The molecule has 1 saturated heterocycles. The fourth-order valence-electron chi connectivity index (χ4n) is 4.05. The number of nitrogens with zero attached hydrogens (tertiary/aromatic N) is 2. The number of hydrogen-bond acceptors (Lipinski definition) is 2. The Labute approximate surface area is 114 Å². The number of pyridine rings is 1. The number of rotatable bonds is 2. The van der Waals surface area contributed by atoms with Crippen molar-refractivity contribution in [2.45, 2.75) is 38.3 Å². The lowest BCUT2D eigenvalue weighted by molar-refractivity contribution is 0.234. The second-order valence-corrected chi connectivity index (χ2v) is 6.00. The van der Waals surface area contributed by atoms with Gasteiger partial charge in [0.1, 0.15) is 0 Å². The summed E-state index contributed by atoms with van der Waals surface area (Å²) in [5.41, 5.74) is 2.57. The molecule has 98 valence electrons. The van der Waals surface area contributed by atoms with Gasteiger partial charge in [-0.05, 0) is 49.4 Å². The monoisotopic (exact) mass is 252 g/mol. The zero-order valence-electron chi connectivity index (χ0n) is 11.3. The third-order valence-corrected chi connectivity index (χ3v) is 4.98. The largest absolute Gasteiger partial charge is 0.296 e. The van der Waals surface area contributed by atoms with Gasteiger partial charge >= 0.3 is 0 Å². The first-order valence-electron chi connectivity index (χ1n) is 7.48. The first-order valence-corrected chi connectivity index (χ1v) is 7.48. The van der Waals surface area contributed by atoms with Crippen molar-refractivity contribution in [3.63, 3.8) is 0 Å². The fraction of sp³-hybridized carbons (Fsp3) is 0.471. The van der Waals surface area contributed by atoms with Gasteiger partial charge in [-0.3, -0.25) is 9.88 Å². The molecule has 1 aliphatic carbocycles. The van der Waals surface area contributed by atoms with Crippen LogP contribution in [0.4, 0.5) is 0 Å². The van der Waals surface area contributed by atoms with Crippen molar-refractivity contribution in [1.29, 1.82) is 0 Å². The molecule has 1 aromatic carbocycles. The van der Waals surface area contributed by atoms with E-state index in [-0.39, 0.29) is 0 Å². The molecule has 0 spiro atoms. The van der Waals surface area contributed by atoms with Gasteiger partial charge < -0.3 is 0 Å². The molecule has 2 nitrogen and oxygen atoms in total. The Hall–Kier alpha value is -1.41. The van der Waals surface area contributed by atoms with Gasteiger partial charge in [0.15, 0.2) is 0 Å². The van der Waals surface area contributed by atoms with E-state index in [0.29, 0.717) is 0 Å². The molecule has 19 heavy (non-hydrogen) atoms. The van der Waals surface area contributed by atoms with Crippen molar-refractivity contribution in [2.24, 2.45) is 5.92 Å². The van der Waals surface area contributed by atoms with Crippen LogP contribution in [0.5, 0.6) is 0 Å². The van der Waals surface area contributed by atoms with Crippen LogP contribution in [0.25, 0.3) is 10.9 Å². The molecule has 2 atom stereocenters. The van der Waals surface area contributed by atoms with E-state index in [0.717, 1.165) is 24.0 Å². The van der Waals surface area contributed by atoms with Gasteiger partial charge in [0.05, 0.1) is 5.52 Å². The Bertz CT molecular complexity index is 587. The predicted octanol–water partition coefficient (Wildman–Crippen LogP) is 3.61. The van der Waals surface area contributed by atoms with Crippen LogP contribution in [-0.4, -0.2) is 22.5 Å². The van der Waals surface area contributed by atoms with Gasteiger partial charge in [-0.15, -0.1) is 0 Å². The van der Waals surface area contributed by atoms with Crippen LogP contribution >= 0.6 is 0 Å². The summed E-state index contributed by atoms with van der Waals surface area (Å²) in [6.45, 7) is 2.39. The van der Waals surface area contributed by atoms with Crippen LogP contribution in [0, 0.1) is 5.92 Å². The van der Waals surface area contributed by atoms with Gasteiger partial charge in [0.2, 0.25) is 0 Å². The molecular formula is C17H20N2. The molecule has 0 amide bonds. The molecule has 2 heterocycles. The van der Waals surface area contributed by atoms with E-state index in [1.807, 2.05) is 12.3 Å². The normalized spacial score (nSPS) is 26.9. The van der Waals surface area contributed by atoms with E-state index < -0.39 is 0 Å². The van der Waals surface area contributed by atoms with Gasteiger partial charge in [-0.1, -0.05) is 24.6 Å². The molecule has 1 aromatic heterocycles. The quantitative estimate of drug-likeness (QED) is 0.811. The summed E-state index contributed by atoms with van der Waals surface area (Å²) < 4.78 is 0. The predicted molar refractivity (Wildman–Crippen MR) is 77.9 cm³/mol. The first-order chi connectivity index (χ1) is 9.42. The molecule has 2 heteroatoms. The molecular weight excluding hydrogens is 232 g/mol. The minimum Gasteiger partial charge on any atom is -0.296 e. The number of hydrogen-bond donors (Lipinski definition) is 0. The topological polar surface area (TPSA) is 16.1 Å². The summed E-state index contributed by atoms with van der Waals surface area (Å²) in [7, 11) is 0. The van der Waals surface area contributed by atoms with Crippen molar-refractivity contribution in [1.82, 2.24) is 9.88 Å². The van der Waals surface area contributed by atoms with E-state index >= 15 is 0 Å². The minimum atomic E-state index is 0.854. The fourth-order valence-corrected chi connectivity index (χ4v) is 4.05. The summed E-state index contributed by atoms with van der Waals surface area (Å²) >= 11 is 0. The minimum absolute atomic E-state index is 0.854. The Morgan fingerprint density at radius 3 is 3.11 bits per heavy atom. The molecule has 0 unspecified atom stereocenters. The summed E-state index contributed by atoms with van der Waals surface area (Å²) in [4.78, 5) is 7.17. The van der Waals surface area contributed by atoms with E-state index in [4.69, 9.17) is 0 Å². The van der Waals surface area contributed by atoms with Crippen molar-refractivity contribution < 1.29 is 0 Å². The molecule has 4 rings (SSSR count). The van der Waals surface area contributed by atoms with E-state index in [2.05, 4.69) is 34.1 Å².